The first kappa shape index (κ1) is 11.9. The molecule has 2 nitrogen and oxygen atoms in total. The summed E-state index contributed by atoms with van der Waals surface area (Å²) in [4.78, 5) is 2.16. The predicted octanol–water partition coefficient (Wildman–Crippen LogP) is 2.31. The molecule has 4 heteroatoms. The number of rotatable bonds is 4. The molecule has 1 rings (SSSR count). The summed E-state index contributed by atoms with van der Waals surface area (Å²) < 4.78 is 13.5. The third kappa shape index (κ3) is 2.65. The van der Waals surface area contributed by atoms with Gasteiger partial charge in [0, 0.05) is 24.3 Å². The van der Waals surface area contributed by atoms with Crippen molar-refractivity contribution in [2.75, 3.05) is 18.0 Å². The Morgan fingerprint density at radius 2 is 2.00 bits per heavy atom. The van der Waals surface area contributed by atoms with Crippen molar-refractivity contribution >= 4 is 22.9 Å². The number of hydrogen-bond donors (Lipinski definition) is 1. The van der Waals surface area contributed by atoms with Gasteiger partial charge in [-0.1, -0.05) is 12.2 Å². The number of benzene rings is 1. The van der Waals surface area contributed by atoms with Crippen LogP contribution in [0.5, 0.6) is 0 Å². The first-order valence-electron chi connectivity index (χ1n) is 4.94. The molecule has 1 aromatic rings. The molecule has 0 spiro atoms. The van der Waals surface area contributed by atoms with Gasteiger partial charge in [0.05, 0.1) is 0 Å². The Balaban J connectivity index is 3.05. The van der Waals surface area contributed by atoms with Crippen LogP contribution in [0.25, 0.3) is 0 Å². The van der Waals surface area contributed by atoms with Gasteiger partial charge < -0.3 is 10.6 Å². The molecule has 82 valence electrons. The largest absolute Gasteiger partial charge is 0.389 e. The minimum Gasteiger partial charge on any atom is -0.389 e. The van der Waals surface area contributed by atoms with E-state index < -0.39 is 0 Å². The molecule has 15 heavy (non-hydrogen) atoms. The van der Waals surface area contributed by atoms with Gasteiger partial charge in [0.15, 0.2) is 0 Å². The topological polar surface area (TPSA) is 29.3 Å². The third-order valence-corrected chi connectivity index (χ3v) is 2.57. The van der Waals surface area contributed by atoms with E-state index in [1.807, 2.05) is 19.9 Å². The van der Waals surface area contributed by atoms with E-state index in [9.17, 15) is 4.39 Å². The molecule has 0 heterocycles. The molecule has 0 atom stereocenters. The second-order valence-corrected chi connectivity index (χ2v) is 3.64. The van der Waals surface area contributed by atoms with Crippen molar-refractivity contribution in [1.29, 1.82) is 0 Å². The number of nitrogens with zero attached hydrogens (tertiary/aromatic N) is 1. The average Bonchev–Trinajstić information content (AvgIpc) is 2.19. The van der Waals surface area contributed by atoms with Crippen molar-refractivity contribution in [3.05, 3.63) is 29.6 Å². The molecule has 0 amide bonds. The molecule has 0 bridgehead atoms. The highest BCUT2D eigenvalue weighted by Gasteiger charge is 2.08. The van der Waals surface area contributed by atoms with Gasteiger partial charge in [0.2, 0.25) is 0 Å². The van der Waals surface area contributed by atoms with Gasteiger partial charge >= 0.3 is 0 Å². The first-order chi connectivity index (χ1) is 7.10. The smallest absolute Gasteiger partial charge is 0.135 e. The highest BCUT2D eigenvalue weighted by Crippen LogP contribution is 2.18. The fourth-order valence-corrected chi connectivity index (χ4v) is 1.65. The molecule has 0 saturated carbocycles. The molecule has 1 aromatic carbocycles. The van der Waals surface area contributed by atoms with E-state index >= 15 is 0 Å². The van der Waals surface area contributed by atoms with Crippen LogP contribution in [-0.4, -0.2) is 18.1 Å². The summed E-state index contributed by atoms with van der Waals surface area (Å²) in [6.07, 6.45) is 0. The van der Waals surface area contributed by atoms with Crippen molar-refractivity contribution < 1.29 is 4.39 Å². The molecule has 2 N–H and O–H groups in total. The zero-order valence-corrected chi connectivity index (χ0v) is 9.77. The Morgan fingerprint density at radius 1 is 1.40 bits per heavy atom. The molecule has 0 aliphatic carbocycles. The molecule has 0 saturated heterocycles. The highest BCUT2D eigenvalue weighted by atomic mass is 32.1. The second kappa shape index (κ2) is 5.07. The van der Waals surface area contributed by atoms with E-state index in [-0.39, 0.29) is 10.8 Å². The quantitative estimate of drug-likeness (QED) is 0.799. The van der Waals surface area contributed by atoms with Crippen LogP contribution in [0.4, 0.5) is 10.1 Å². The highest BCUT2D eigenvalue weighted by molar-refractivity contribution is 7.80. The first-order valence-corrected chi connectivity index (χ1v) is 5.35. The van der Waals surface area contributed by atoms with Gasteiger partial charge in [-0.2, -0.15) is 0 Å². The van der Waals surface area contributed by atoms with E-state index in [0.29, 0.717) is 5.56 Å². The summed E-state index contributed by atoms with van der Waals surface area (Å²) >= 11 is 4.74. The summed E-state index contributed by atoms with van der Waals surface area (Å²) in [7, 11) is 0. The van der Waals surface area contributed by atoms with Crippen LogP contribution in [0.2, 0.25) is 0 Å². The lowest BCUT2D eigenvalue weighted by Crippen LogP contribution is -2.22. The molecule has 0 radical (unpaired) electrons. The van der Waals surface area contributed by atoms with Gasteiger partial charge in [-0.15, -0.1) is 0 Å². The second-order valence-electron chi connectivity index (χ2n) is 3.20. The van der Waals surface area contributed by atoms with Crippen LogP contribution in [0.15, 0.2) is 18.2 Å². The summed E-state index contributed by atoms with van der Waals surface area (Å²) in [5.41, 5.74) is 6.55. The normalized spacial score (nSPS) is 10.1. The SMILES string of the molecule is CCN(CC)c1ccc(C(N)=S)c(F)c1. The molecule has 0 aromatic heterocycles. The van der Waals surface area contributed by atoms with E-state index in [1.54, 1.807) is 6.07 Å². The van der Waals surface area contributed by atoms with E-state index in [0.717, 1.165) is 18.8 Å². The average molecular weight is 226 g/mol. The zero-order chi connectivity index (χ0) is 11.4. The lowest BCUT2D eigenvalue weighted by atomic mass is 10.2. The molecular weight excluding hydrogens is 211 g/mol. The molecule has 0 aliphatic rings. The van der Waals surface area contributed by atoms with Crippen LogP contribution in [-0.2, 0) is 0 Å². The monoisotopic (exact) mass is 226 g/mol. The minimum atomic E-state index is -0.355. The predicted molar refractivity (Wildman–Crippen MR) is 65.8 cm³/mol. The van der Waals surface area contributed by atoms with Crippen molar-refractivity contribution in [3.63, 3.8) is 0 Å². The van der Waals surface area contributed by atoms with Crippen LogP contribution in [0, 0.1) is 5.82 Å². The fourth-order valence-electron chi connectivity index (χ4n) is 1.49. The minimum absolute atomic E-state index is 0.0959. The fraction of sp³-hybridized carbons (Fsp3) is 0.364. The van der Waals surface area contributed by atoms with Gasteiger partial charge in [-0.3, -0.25) is 0 Å². The summed E-state index contributed by atoms with van der Waals surface area (Å²) in [5.74, 6) is -0.355. The van der Waals surface area contributed by atoms with Crippen LogP contribution < -0.4 is 10.6 Å². The number of thiocarbonyl (C=S) groups is 1. The van der Waals surface area contributed by atoms with E-state index in [1.165, 1.54) is 6.07 Å². The maximum absolute atomic E-state index is 13.5. The van der Waals surface area contributed by atoms with Gasteiger partial charge in [-0.25, -0.2) is 4.39 Å². The molecule has 0 unspecified atom stereocenters. The van der Waals surface area contributed by atoms with Crippen LogP contribution in [0.1, 0.15) is 19.4 Å². The Kier molecular flexibility index (Phi) is 4.03. The Hall–Kier alpha value is -1.16. The standard InChI is InChI=1S/C11H15FN2S/c1-3-14(4-2)8-5-6-9(11(13)15)10(12)7-8/h5-7H,3-4H2,1-2H3,(H2,13,15). The summed E-state index contributed by atoms with van der Waals surface area (Å²) in [6, 6.07) is 4.94. The molecule has 0 aliphatic heterocycles. The van der Waals surface area contributed by atoms with Gasteiger partial charge in [-0.05, 0) is 32.0 Å². The van der Waals surface area contributed by atoms with Crippen molar-refractivity contribution in [1.82, 2.24) is 0 Å². The lowest BCUT2D eigenvalue weighted by molar-refractivity contribution is 0.624. The number of hydrogen-bond acceptors (Lipinski definition) is 2. The van der Waals surface area contributed by atoms with Crippen molar-refractivity contribution in [2.45, 2.75) is 13.8 Å². The van der Waals surface area contributed by atoms with Gasteiger partial charge in [0.1, 0.15) is 10.8 Å². The number of nitrogens with two attached hydrogens (primary N) is 1. The van der Waals surface area contributed by atoms with Crippen molar-refractivity contribution in [2.24, 2.45) is 5.73 Å². The number of halogens is 1. The summed E-state index contributed by atoms with van der Waals surface area (Å²) in [6.45, 7) is 5.76. The van der Waals surface area contributed by atoms with E-state index in [4.69, 9.17) is 18.0 Å². The van der Waals surface area contributed by atoms with Gasteiger partial charge in [0.25, 0.3) is 0 Å². The summed E-state index contributed by atoms with van der Waals surface area (Å²) in [5, 5.41) is 0. The van der Waals surface area contributed by atoms with Crippen LogP contribution >= 0.6 is 12.2 Å². The molecule has 0 fully saturated rings. The third-order valence-electron chi connectivity index (χ3n) is 2.35. The van der Waals surface area contributed by atoms with Crippen molar-refractivity contribution in [3.8, 4) is 0 Å². The Morgan fingerprint density at radius 3 is 2.40 bits per heavy atom. The zero-order valence-electron chi connectivity index (χ0n) is 8.96. The number of anilines is 1. The van der Waals surface area contributed by atoms with Crippen LogP contribution in [0.3, 0.4) is 0 Å². The Labute approximate surface area is 94.9 Å². The Bertz CT molecular complexity index is 362. The molecular formula is C11H15FN2S. The maximum Gasteiger partial charge on any atom is 0.135 e. The van der Waals surface area contributed by atoms with E-state index in [2.05, 4.69) is 4.90 Å². The lowest BCUT2D eigenvalue weighted by Gasteiger charge is -2.21. The maximum atomic E-state index is 13.5.